The van der Waals surface area contributed by atoms with E-state index in [0.29, 0.717) is 12.1 Å². The molecule has 8 heteroatoms. The van der Waals surface area contributed by atoms with Crippen molar-refractivity contribution in [3.05, 3.63) is 71.6 Å². The predicted octanol–water partition coefficient (Wildman–Crippen LogP) is 5.53. The summed E-state index contributed by atoms with van der Waals surface area (Å²) in [6.07, 6.45) is -2.79. The van der Waals surface area contributed by atoms with Gasteiger partial charge in [0.2, 0.25) is 0 Å². The van der Waals surface area contributed by atoms with Gasteiger partial charge in [0.25, 0.3) is 5.91 Å². The molecule has 0 saturated carbocycles. The first-order chi connectivity index (χ1) is 15.0. The van der Waals surface area contributed by atoms with E-state index in [4.69, 9.17) is 10.5 Å². The average molecular weight is 438 g/mol. The molecule has 0 bridgehead atoms. The largest absolute Gasteiger partial charge is 0.417 e. The fourth-order valence-corrected chi connectivity index (χ4v) is 3.83. The number of anilines is 2. The standard InChI is InChI=1S/C24H21F3N4O/c1-16-30(20-12-9-18(15-29)21(14-20)24(25,26)27)22(32)23(2,3)31(16)19-10-7-17(8-11-19)6-4-5-13-28/h7-12,14H,1,4-6H2,2-3H3. The first kappa shape index (κ1) is 22.9. The maximum atomic E-state index is 13.4. The van der Waals surface area contributed by atoms with Crippen LogP contribution in [0.4, 0.5) is 24.5 Å². The third kappa shape index (κ3) is 4.04. The van der Waals surface area contributed by atoms with Gasteiger partial charge in [-0.1, -0.05) is 18.7 Å². The summed E-state index contributed by atoms with van der Waals surface area (Å²) >= 11 is 0. The van der Waals surface area contributed by atoms with Crippen molar-refractivity contribution in [3.63, 3.8) is 0 Å². The van der Waals surface area contributed by atoms with Crippen LogP contribution in [0.5, 0.6) is 0 Å². The normalized spacial score (nSPS) is 15.6. The van der Waals surface area contributed by atoms with Crippen LogP contribution in [-0.4, -0.2) is 11.4 Å². The Bertz CT molecular complexity index is 1140. The Balaban J connectivity index is 1.97. The van der Waals surface area contributed by atoms with E-state index in [-0.39, 0.29) is 11.5 Å². The van der Waals surface area contributed by atoms with Crippen molar-refractivity contribution in [1.29, 1.82) is 10.5 Å². The highest BCUT2D eigenvalue weighted by atomic mass is 19.4. The highest BCUT2D eigenvalue weighted by molar-refractivity contribution is 6.09. The monoisotopic (exact) mass is 438 g/mol. The van der Waals surface area contributed by atoms with Gasteiger partial charge in [0.05, 0.1) is 29.0 Å². The molecule has 1 fully saturated rings. The highest BCUT2D eigenvalue weighted by Gasteiger charge is 2.49. The summed E-state index contributed by atoms with van der Waals surface area (Å²) in [7, 11) is 0. The van der Waals surface area contributed by atoms with Gasteiger partial charge in [-0.2, -0.15) is 23.7 Å². The molecule has 2 aromatic carbocycles. The zero-order valence-electron chi connectivity index (χ0n) is 17.7. The first-order valence-electron chi connectivity index (χ1n) is 9.93. The molecule has 1 saturated heterocycles. The number of benzene rings is 2. The van der Waals surface area contributed by atoms with Crippen LogP contribution in [-0.2, 0) is 17.4 Å². The van der Waals surface area contributed by atoms with Crippen LogP contribution in [0.3, 0.4) is 0 Å². The van der Waals surface area contributed by atoms with E-state index in [1.54, 1.807) is 24.8 Å². The average Bonchev–Trinajstić information content (AvgIpc) is 2.92. The summed E-state index contributed by atoms with van der Waals surface area (Å²) in [5, 5.41) is 17.7. The van der Waals surface area contributed by atoms with Crippen molar-refractivity contribution in [1.82, 2.24) is 0 Å². The van der Waals surface area contributed by atoms with Crippen molar-refractivity contribution >= 4 is 17.3 Å². The Morgan fingerprint density at radius 3 is 2.25 bits per heavy atom. The molecular formula is C24H21F3N4O. The van der Waals surface area contributed by atoms with Crippen molar-refractivity contribution in [2.75, 3.05) is 9.80 Å². The second-order valence-corrected chi connectivity index (χ2v) is 7.97. The molecule has 1 aliphatic heterocycles. The minimum absolute atomic E-state index is 0.00461. The van der Waals surface area contributed by atoms with Crippen LogP contribution in [0.15, 0.2) is 54.9 Å². The van der Waals surface area contributed by atoms with E-state index >= 15 is 0 Å². The van der Waals surface area contributed by atoms with Crippen LogP contribution < -0.4 is 9.80 Å². The SMILES string of the molecule is C=C1N(c2ccc(C#N)c(C(F)(F)F)c2)C(=O)C(C)(C)N1c1ccc(CCCC#N)cc1. The predicted molar refractivity (Wildman–Crippen MR) is 114 cm³/mol. The molecule has 32 heavy (non-hydrogen) atoms. The van der Waals surface area contributed by atoms with Crippen LogP contribution in [0.1, 0.15) is 43.4 Å². The summed E-state index contributed by atoms with van der Waals surface area (Å²) in [5.41, 5.74) is -1.000. The second-order valence-electron chi connectivity index (χ2n) is 7.97. The van der Waals surface area contributed by atoms with Gasteiger partial charge in [-0.3, -0.25) is 9.69 Å². The Morgan fingerprint density at radius 1 is 1.06 bits per heavy atom. The molecule has 1 heterocycles. The number of aryl methyl sites for hydroxylation is 1. The number of rotatable bonds is 5. The Labute approximate surface area is 184 Å². The molecule has 0 atom stereocenters. The van der Waals surface area contributed by atoms with Crippen LogP contribution in [0.2, 0.25) is 0 Å². The third-order valence-corrected chi connectivity index (χ3v) is 5.44. The number of nitrogens with zero attached hydrogens (tertiary/aromatic N) is 4. The number of unbranched alkanes of at least 4 members (excludes halogenated alkanes) is 1. The van der Waals surface area contributed by atoms with Crippen LogP contribution in [0.25, 0.3) is 0 Å². The zero-order chi connectivity index (χ0) is 23.7. The molecule has 164 valence electrons. The van der Waals surface area contributed by atoms with Gasteiger partial charge < -0.3 is 4.90 Å². The fourth-order valence-electron chi connectivity index (χ4n) is 3.83. The maximum Gasteiger partial charge on any atom is 0.417 e. The molecule has 0 aromatic heterocycles. The molecule has 0 aliphatic carbocycles. The molecule has 5 nitrogen and oxygen atoms in total. The van der Waals surface area contributed by atoms with E-state index in [1.807, 2.05) is 24.3 Å². The Morgan fingerprint density at radius 2 is 1.69 bits per heavy atom. The van der Waals surface area contributed by atoms with Gasteiger partial charge in [0.1, 0.15) is 11.4 Å². The molecule has 0 N–H and O–H groups in total. The van der Waals surface area contributed by atoms with Crippen LogP contribution >= 0.6 is 0 Å². The van der Waals surface area contributed by atoms with E-state index in [9.17, 15) is 18.0 Å². The van der Waals surface area contributed by atoms with Gasteiger partial charge in [0, 0.05) is 12.1 Å². The third-order valence-electron chi connectivity index (χ3n) is 5.44. The van der Waals surface area contributed by atoms with Gasteiger partial charge >= 0.3 is 6.18 Å². The van der Waals surface area contributed by atoms with Gasteiger partial charge in [-0.25, -0.2) is 0 Å². The topological polar surface area (TPSA) is 71.1 Å². The first-order valence-corrected chi connectivity index (χ1v) is 9.93. The molecule has 1 amide bonds. The molecule has 0 radical (unpaired) electrons. The molecule has 0 spiro atoms. The number of amides is 1. The lowest BCUT2D eigenvalue weighted by Gasteiger charge is -2.30. The van der Waals surface area contributed by atoms with E-state index in [0.717, 1.165) is 35.4 Å². The number of hydrogen-bond acceptors (Lipinski definition) is 4. The molecule has 2 aromatic rings. The highest BCUT2D eigenvalue weighted by Crippen LogP contribution is 2.42. The van der Waals surface area contributed by atoms with Gasteiger partial charge in [-0.05, 0) is 62.6 Å². The Hall–Kier alpha value is -3.78. The number of hydrogen-bond donors (Lipinski definition) is 0. The lowest BCUT2D eigenvalue weighted by molar-refractivity contribution is -0.137. The fraction of sp³-hybridized carbons (Fsp3) is 0.292. The van der Waals surface area contributed by atoms with E-state index in [1.165, 1.54) is 6.07 Å². The quantitative estimate of drug-likeness (QED) is 0.576. The lowest BCUT2D eigenvalue weighted by Crippen LogP contribution is -2.43. The number of carbonyl (C=O) groups is 1. The van der Waals surface area contributed by atoms with Gasteiger partial charge in [-0.15, -0.1) is 0 Å². The van der Waals surface area contributed by atoms with Crippen molar-refractivity contribution in [2.45, 2.75) is 44.8 Å². The smallest absolute Gasteiger partial charge is 0.313 e. The van der Waals surface area contributed by atoms with Crippen molar-refractivity contribution in [2.24, 2.45) is 0 Å². The minimum Gasteiger partial charge on any atom is -0.313 e. The summed E-state index contributed by atoms with van der Waals surface area (Å²) in [5.74, 6) is -0.214. The summed E-state index contributed by atoms with van der Waals surface area (Å²) < 4.78 is 40.3. The Kier molecular flexibility index (Phi) is 6.00. The van der Waals surface area contributed by atoms with E-state index < -0.39 is 28.7 Å². The molecule has 3 rings (SSSR count). The van der Waals surface area contributed by atoms with Gasteiger partial charge in [0.15, 0.2) is 0 Å². The summed E-state index contributed by atoms with van der Waals surface area (Å²) in [6, 6.07) is 14.3. The zero-order valence-corrected chi connectivity index (χ0v) is 17.7. The number of nitriles is 2. The van der Waals surface area contributed by atoms with Crippen molar-refractivity contribution < 1.29 is 18.0 Å². The molecule has 1 aliphatic rings. The number of alkyl halides is 3. The molecule has 0 unspecified atom stereocenters. The molecular weight excluding hydrogens is 417 g/mol. The lowest BCUT2D eigenvalue weighted by atomic mass is 10.0. The van der Waals surface area contributed by atoms with Crippen molar-refractivity contribution in [3.8, 4) is 12.1 Å². The van der Waals surface area contributed by atoms with E-state index in [2.05, 4.69) is 12.6 Å². The van der Waals surface area contributed by atoms with Crippen LogP contribution in [0, 0.1) is 22.7 Å². The minimum atomic E-state index is -4.73. The number of halogens is 3. The number of carbonyl (C=O) groups excluding carboxylic acids is 1. The maximum absolute atomic E-state index is 13.4. The summed E-state index contributed by atoms with van der Waals surface area (Å²) in [6.45, 7) is 7.33. The summed E-state index contributed by atoms with van der Waals surface area (Å²) in [4.78, 5) is 16.1. The second kappa shape index (κ2) is 8.39.